The van der Waals surface area contributed by atoms with Crippen LogP contribution in [0.15, 0.2) is 12.3 Å². The van der Waals surface area contributed by atoms with Gasteiger partial charge in [-0.3, -0.25) is 4.79 Å². The number of carbonyl (C=O) groups is 1. The Balaban J connectivity index is 2.42. The first-order chi connectivity index (χ1) is 7.04. The van der Waals surface area contributed by atoms with Crippen molar-refractivity contribution >= 4 is 5.97 Å². The summed E-state index contributed by atoms with van der Waals surface area (Å²) in [5.41, 5.74) is 0. The van der Waals surface area contributed by atoms with Gasteiger partial charge < -0.3 is 14.8 Å². The Bertz CT molecular complexity index is 258. The third kappa shape index (κ3) is 3.16. The minimum absolute atomic E-state index is 0.00361. The van der Waals surface area contributed by atoms with E-state index in [0.29, 0.717) is 13.0 Å². The summed E-state index contributed by atoms with van der Waals surface area (Å²) in [6, 6.07) is -0.460. The van der Waals surface area contributed by atoms with Crippen molar-refractivity contribution in [3.8, 4) is 0 Å². The predicted molar refractivity (Wildman–Crippen MR) is 48.1 cm³/mol. The van der Waals surface area contributed by atoms with Crippen molar-refractivity contribution in [2.75, 3.05) is 13.7 Å². The second-order valence-electron chi connectivity index (χ2n) is 3.26. The van der Waals surface area contributed by atoms with Crippen LogP contribution < -0.4 is 5.32 Å². The van der Waals surface area contributed by atoms with Crippen molar-refractivity contribution in [2.45, 2.75) is 19.1 Å². The van der Waals surface area contributed by atoms with Crippen LogP contribution in [0.2, 0.25) is 0 Å². The molecule has 0 aromatic carbocycles. The topological polar surface area (TPSA) is 47.6 Å². The van der Waals surface area contributed by atoms with E-state index in [9.17, 15) is 13.6 Å². The van der Waals surface area contributed by atoms with Gasteiger partial charge in [-0.2, -0.15) is 8.78 Å². The van der Waals surface area contributed by atoms with Gasteiger partial charge in [0.25, 0.3) is 0 Å². The standard InChI is InChI=1S/C9H13F2NO3/c1-5(15-9(10)11)6-3-7(12-4-6)8(13)14-2/h6-7,9,12H,1,3-4H2,2H3. The molecule has 15 heavy (non-hydrogen) atoms. The molecule has 0 bridgehead atoms. The van der Waals surface area contributed by atoms with Crippen LogP contribution in [0, 0.1) is 5.92 Å². The summed E-state index contributed by atoms with van der Waals surface area (Å²) in [5.74, 6) is -0.672. The van der Waals surface area contributed by atoms with E-state index >= 15 is 0 Å². The molecule has 0 aromatic heterocycles. The number of halogens is 2. The van der Waals surface area contributed by atoms with Gasteiger partial charge in [-0.1, -0.05) is 6.58 Å². The average molecular weight is 221 g/mol. The zero-order valence-electron chi connectivity index (χ0n) is 8.33. The zero-order chi connectivity index (χ0) is 11.4. The van der Waals surface area contributed by atoms with E-state index in [1.165, 1.54) is 7.11 Å². The zero-order valence-corrected chi connectivity index (χ0v) is 8.33. The molecule has 1 rings (SSSR count). The van der Waals surface area contributed by atoms with Crippen LogP contribution in [-0.4, -0.2) is 32.3 Å². The molecule has 1 aliphatic rings. The maximum atomic E-state index is 11.9. The quantitative estimate of drug-likeness (QED) is 0.565. The fourth-order valence-electron chi connectivity index (χ4n) is 1.51. The molecule has 2 unspecified atom stereocenters. The normalized spacial score (nSPS) is 25.3. The number of esters is 1. The molecule has 0 radical (unpaired) electrons. The molecule has 1 N–H and O–H groups in total. The maximum Gasteiger partial charge on any atom is 0.387 e. The first kappa shape index (κ1) is 11.9. The minimum Gasteiger partial charge on any atom is -0.468 e. The molecular weight excluding hydrogens is 208 g/mol. The lowest BCUT2D eigenvalue weighted by atomic mass is 10.0. The van der Waals surface area contributed by atoms with E-state index in [4.69, 9.17) is 0 Å². The average Bonchev–Trinajstić information content (AvgIpc) is 2.64. The first-order valence-corrected chi connectivity index (χ1v) is 4.49. The van der Waals surface area contributed by atoms with Gasteiger partial charge >= 0.3 is 12.6 Å². The summed E-state index contributed by atoms with van der Waals surface area (Å²) in [6.07, 6.45) is 0.373. The molecule has 86 valence electrons. The lowest BCUT2D eigenvalue weighted by molar-refractivity contribution is -0.142. The highest BCUT2D eigenvalue weighted by atomic mass is 19.3. The summed E-state index contributed by atoms with van der Waals surface area (Å²) in [4.78, 5) is 11.1. The second-order valence-corrected chi connectivity index (χ2v) is 3.26. The molecule has 1 heterocycles. The SMILES string of the molecule is C=C(OC(F)F)C1CNC(C(=O)OC)C1. The van der Waals surface area contributed by atoms with E-state index in [1.54, 1.807) is 0 Å². The molecule has 0 saturated carbocycles. The Kier molecular flexibility index (Phi) is 4.02. The number of carbonyl (C=O) groups excluding carboxylic acids is 1. The van der Waals surface area contributed by atoms with Crippen LogP contribution in [0.1, 0.15) is 6.42 Å². The molecule has 0 amide bonds. The van der Waals surface area contributed by atoms with Crippen molar-refractivity contribution in [2.24, 2.45) is 5.92 Å². The molecule has 0 spiro atoms. The van der Waals surface area contributed by atoms with Gasteiger partial charge in [0.1, 0.15) is 11.8 Å². The van der Waals surface area contributed by atoms with Crippen LogP contribution in [0.3, 0.4) is 0 Å². The van der Waals surface area contributed by atoms with Crippen LogP contribution in [0.4, 0.5) is 8.78 Å². The third-order valence-electron chi connectivity index (χ3n) is 2.31. The van der Waals surface area contributed by atoms with E-state index in [0.717, 1.165) is 0 Å². The number of alkyl halides is 2. The summed E-state index contributed by atoms with van der Waals surface area (Å²) < 4.78 is 32.4. The number of ether oxygens (including phenoxy) is 2. The van der Waals surface area contributed by atoms with Crippen molar-refractivity contribution in [3.05, 3.63) is 12.3 Å². The molecule has 1 aliphatic heterocycles. The van der Waals surface area contributed by atoms with Gasteiger partial charge in [0.05, 0.1) is 7.11 Å². The Hall–Kier alpha value is -1.17. The molecule has 0 aromatic rings. The Labute approximate surface area is 86.2 Å². The molecule has 1 fully saturated rings. The summed E-state index contributed by atoms with van der Waals surface area (Å²) in [7, 11) is 1.28. The minimum atomic E-state index is -2.87. The molecular formula is C9H13F2NO3. The van der Waals surface area contributed by atoms with E-state index in [1.807, 2.05) is 0 Å². The van der Waals surface area contributed by atoms with Gasteiger partial charge in [-0.25, -0.2) is 0 Å². The van der Waals surface area contributed by atoms with Crippen molar-refractivity contribution in [1.29, 1.82) is 0 Å². The van der Waals surface area contributed by atoms with Gasteiger partial charge in [-0.05, 0) is 6.42 Å². The van der Waals surface area contributed by atoms with Crippen LogP contribution in [0.25, 0.3) is 0 Å². The van der Waals surface area contributed by atoms with Crippen molar-refractivity contribution in [1.82, 2.24) is 5.32 Å². The lowest BCUT2D eigenvalue weighted by Crippen LogP contribution is -2.31. The smallest absolute Gasteiger partial charge is 0.387 e. The van der Waals surface area contributed by atoms with Gasteiger partial charge in [0.15, 0.2) is 0 Å². The molecule has 4 nitrogen and oxygen atoms in total. The summed E-state index contributed by atoms with van der Waals surface area (Å²) in [5, 5.41) is 2.85. The Morgan fingerprint density at radius 3 is 2.80 bits per heavy atom. The van der Waals surface area contributed by atoms with E-state index < -0.39 is 18.6 Å². The van der Waals surface area contributed by atoms with Crippen LogP contribution in [-0.2, 0) is 14.3 Å². The van der Waals surface area contributed by atoms with Gasteiger partial charge in [-0.15, -0.1) is 0 Å². The molecule has 6 heteroatoms. The highest BCUT2D eigenvalue weighted by molar-refractivity contribution is 5.76. The molecule has 1 saturated heterocycles. The second kappa shape index (κ2) is 5.06. The van der Waals surface area contributed by atoms with Crippen LogP contribution >= 0.6 is 0 Å². The van der Waals surface area contributed by atoms with Crippen molar-refractivity contribution in [3.63, 3.8) is 0 Å². The number of hydrogen-bond acceptors (Lipinski definition) is 4. The predicted octanol–water partition coefficient (Wildman–Crippen LogP) is 0.890. The van der Waals surface area contributed by atoms with Gasteiger partial charge in [0.2, 0.25) is 0 Å². The van der Waals surface area contributed by atoms with Crippen LogP contribution in [0.5, 0.6) is 0 Å². The van der Waals surface area contributed by atoms with E-state index in [2.05, 4.69) is 21.4 Å². The highest BCUT2D eigenvalue weighted by Gasteiger charge is 2.32. The van der Waals surface area contributed by atoms with Crippen molar-refractivity contribution < 1.29 is 23.0 Å². The maximum absolute atomic E-state index is 11.9. The number of methoxy groups -OCH3 is 1. The fraction of sp³-hybridized carbons (Fsp3) is 0.667. The monoisotopic (exact) mass is 221 g/mol. The first-order valence-electron chi connectivity index (χ1n) is 4.49. The molecule has 0 aliphatic carbocycles. The Morgan fingerprint density at radius 2 is 2.27 bits per heavy atom. The summed E-state index contributed by atoms with van der Waals surface area (Å²) >= 11 is 0. The fourth-order valence-corrected chi connectivity index (χ4v) is 1.51. The highest BCUT2D eigenvalue weighted by Crippen LogP contribution is 2.23. The number of hydrogen-bond donors (Lipinski definition) is 1. The third-order valence-corrected chi connectivity index (χ3v) is 2.31. The lowest BCUT2D eigenvalue weighted by Gasteiger charge is -2.13. The number of nitrogens with one attached hydrogen (secondary N) is 1. The Morgan fingerprint density at radius 1 is 1.60 bits per heavy atom. The largest absolute Gasteiger partial charge is 0.468 e. The summed E-state index contributed by atoms with van der Waals surface area (Å²) in [6.45, 7) is 0.930. The van der Waals surface area contributed by atoms with Gasteiger partial charge in [0, 0.05) is 12.5 Å². The molecule has 2 atom stereocenters. The van der Waals surface area contributed by atoms with E-state index in [-0.39, 0.29) is 11.7 Å². The number of rotatable bonds is 4.